The van der Waals surface area contributed by atoms with Crippen LogP contribution in [0.15, 0.2) is 23.5 Å². The highest BCUT2D eigenvalue weighted by Crippen LogP contribution is 2.07. The molecule has 0 aliphatic carbocycles. The number of pyridine rings is 1. The van der Waals surface area contributed by atoms with Gasteiger partial charge >= 0.3 is 0 Å². The van der Waals surface area contributed by atoms with Gasteiger partial charge in [-0.05, 0) is 32.9 Å². The summed E-state index contributed by atoms with van der Waals surface area (Å²) in [6, 6.07) is 3.29. The maximum Gasteiger partial charge on any atom is 0.272 e. The standard InChI is InChI=1S/C12H18N4O2/c1-4-16(8(2)3)12(17)10-6-5-9(7-14-10)11(13)15-18/h5-8,18H,4H2,1-3H3,(H2,13,15). The van der Waals surface area contributed by atoms with E-state index in [-0.39, 0.29) is 17.8 Å². The molecule has 1 rings (SSSR count). The maximum atomic E-state index is 12.1. The number of amides is 1. The Morgan fingerprint density at radius 1 is 1.56 bits per heavy atom. The monoisotopic (exact) mass is 250 g/mol. The molecule has 0 bridgehead atoms. The minimum atomic E-state index is -0.126. The number of rotatable bonds is 4. The van der Waals surface area contributed by atoms with Crippen molar-refractivity contribution in [1.29, 1.82) is 0 Å². The van der Waals surface area contributed by atoms with Gasteiger partial charge in [-0.1, -0.05) is 5.16 Å². The van der Waals surface area contributed by atoms with Crippen molar-refractivity contribution in [1.82, 2.24) is 9.88 Å². The van der Waals surface area contributed by atoms with Gasteiger partial charge in [-0.3, -0.25) is 9.78 Å². The molecule has 3 N–H and O–H groups in total. The molecular weight excluding hydrogens is 232 g/mol. The fourth-order valence-electron chi connectivity index (χ4n) is 1.62. The van der Waals surface area contributed by atoms with E-state index in [0.717, 1.165) is 0 Å². The molecule has 0 radical (unpaired) electrons. The molecule has 0 unspecified atom stereocenters. The van der Waals surface area contributed by atoms with Gasteiger partial charge in [-0.25, -0.2) is 0 Å². The van der Waals surface area contributed by atoms with Crippen molar-refractivity contribution in [2.75, 3.05) is 6.54 Å². The Morgan fingerprint density at radius 3 is 2.61 bits per heavy atom. The normalized spacial score (nSPS) is 11.7. The highest BCUT2D eigenvalue weighted by atomic mass is 16.4. The second-order valence-corrected chi connectivity index (χ2v) is 4.10. The first-order valence-electron chi connectivity index (χ1n) is 5.76. The Morgan fingerprint density at radius 2 is 2.22 bits per heavy atom. The van der Waals surface area contributed by atoms with E-state index in [1.54, 1.807) is 17.0 Å². The van der Waals surface area contributed by atoms with Crippen LogP contribution in [0.5, 0.6) is 0 Å². The number of amidine groups is 1. The predicted molar refractivity (Wildman–Crippen MR) is 68.6 cm³/mol. The molecule has 0 atom stereocenters. The first-order valence-corrected chi connectivity index (χ1v) is 5.76. The van der Waals surface area contributed by atoms with E-state index in [9.17, 15) is 4.79 Å². The highest BCUT2D eigenvalue weighted by Gasteiger charge is 2.18. The van der Waals surface area contributed by atoms with Crippen molar-refractivity contribution in [3.05, 3.63) is 29.6 Å². The molecular formula is C12H18N4O2. The zero-order chi connectivity index (χ0) is 13.7. The van der Waals surface area contributed by atoms with Gasteiger partial charge in [0.1, 0.15) is 5.69 Å². The van der Waals surface area contributed by atoms with E-state index in [2.05, 4.69) is 10.1 Å². The number of hydrogen-bond donors (Lipinski definition) is 2. The minimum absolute atomic E-state index is 0.0299. The Kier molecular flexibility index (Phi) is 4.65. The van der Waals surface area contributed by atoms with Crippen LogP contribution in [0, 0.1) is 0 Å². The topological polar surface area (TPSA) is 91.8 Å². The second-order valence-electron chi connectivity index (χ2n) is 4.10. The van der Waals surface area contributed by atoms with Gasteiger partial charge in [0, 0.05) is 24.3 Å². The molecule has 1 aromatic heterocycles. The van der Waals surface area contributed by atoms with Gasteiger partial charge in [0.2, 0.25) is 0 Å². The van der Waals surface area contributed by atoms with Crippen molar-refractivity contribution in [3.63, 3.8) is 0 Å². The number of nitrogens with two attached hydrogens (primary N) is 1. The van der Waals surface area contributed by atoms with Crippen molar-refractivity contribution < 1.29 is 10.0 Å². The third kappa shape index (κ3) is 2.97. The van der Waals surface area contributed by atoms with Gasteiger partial charge in [-0.2, -0.15) is 0 Å². The summed E-state index contributed by atoms with van der Waals surface area (Å²) in [5.74, 6) is -0.156. The van der Waals surface area contributed by atoms with E-state index < -0.39 is 0 Å². The summed E-state index contributed by atoms with van der Waals surface area (Å²) in [6.45, 7) is 6.45. The summed E-state index contributed by atoms with van der Waals surface area (Å²) in [5.41, 5.74) is 6.24. The second kappa shape index (κ2) is 6.00. The van der Waals surface area contributed by atoms with Gasteiger partial charge < -0.3 is 15.8 Å². The molecule has 0 fully saturated rings. The Bertz CT molecular complexity index is 440. The number of hydrogen-bond acceptors (Lipinski definition) is 4. The maximum absolute atomic E-state index is 12.1. The van der Waals surface area contributed by atoms with Crippen molar-refractivity contribution in [2.45, 2.75) is 26.8 Å². The Balaban J connectivity index is 2.95. The average molecular weight is 250 g/mol. The van der Waals surface area contributed by atoms with E-state index >= 15 is 0 Å². The van der Waals surface area contributed by atoms with E-state index in [0.29, 0.717) is 17.8 Å². The van der Waals surface area contributed by atoms with E-state index in [1.807, 2.05) is 20.8 Å². The lowest BCUT2D eigenvalue weighted by Crippen LogP contribution is -2.37. The molecule has 1 heterocycles. The minimum Gasteiger partial charge on any atom is -0.409 e. The third-order valence-electron chi connectivity index (χ3n) is 2.61. The van der Waals surface area contributed by atoms with Gasteiger partial charge in [0.15, 0.2) is 5.84 Å². The van der Waals surface area contributed by atoms with E-state index in [1.165, 1.54) is 6.20 Å². The molecule has 6 heteroatoms. The van der Waals surface area contributed by atoms with Crippen LogP contribution in [-0.4, -0.2) is 39.4 Å². The molecule has 98 valence electrons. The van der Waals surface area contributed by atoms with Crippen LogP contribution in [0.1, 0.15) is 36.8 Å². The zero-order valence-corrected chi connectivity index (χ0v) is 10.8. The van der Waals surface area contributed by atoms with Gasteiger partial charge in [0.25, 0.3) is 5.91 Å². The van der Waals surface area contributed by atoms with Crippen molar-refractivity contribution >= 4 is 11.7 Å². The van der Waals surface area contributed by atoms with Crippen LogP contribution in [0.4, 0.5) is 0 Å². The highest BCUT2D eigenvalue weighted by molar-refractivity contribution is 5.98. The fourth-order valence-corrected chi connectivity index (χ4v) is 1.62. The van der Waals surface area contributed by atoms with Gasteiger partial charge in [0.05, 0.1) is 0 Å². The fraction of sp³-hybridized carbons (Fsp3) is 0.417. The molecule has 0 aliphatic heterocycles. The van der Waals surface area contributed by atoms with E-state index in [4.69, 9.17) is 10.9 Å². The summed E-state index contributed by atoms with van der Waals surface area (Å²) in [4.78, 5) is 17.9. The summed E-state index contributed by atoms with van der Waals surface area (Å²) >= 11 is 0. The number of aromatic nitrogens is 1. The number of carbonyl (C=O) groups excluding carboxylic acids is 1. The molecule has 1 amide bonds. The van der Waals surface area contributed by atoms with Crippen LogP contribution in [0.2, 0.25) is 0 Å². The van der Waals surface area contributed by atoms with Crippen molar-refractivity contribution in [2.24, 2.45) is 10.9 Å². The summed E-state index contributed by atoms with van der Waals surface area (Å²) in [5, 5.41) is 11.4. The molecule has 0 aromatic carbocycles. The average Bonchev–Trinajstić information content (AvgIpc) is 2.38. The molecule has 1 aromatic rings. The number of nitrogens with zero attached hydrogens (tertiary/aromatic N) is 3. The lowest BCUT2D eigenvalue weighted by Gasteiger charge is -2.24. The molecule has 0 saturated carbocycles. The molecule has 6 nitrogen and oxygen atoms in total. The zero-order valence-electron chi connectivity index (χ0n) is 10.8. The lowest BCUT2D eigenvalue weighted by atomic mass is 10.2. The third-order valence-corrected chi connectivity index (χ3v) is 2.61. The van der Waals surface area contributed by atoms with Crippen LogP contribution in [0.25, 0.3) is 0 Å². The van der Waals surface area contributed by atoms with Crippen LogP contribution >= 0.6 is 0 Å². The number of oxime groups is 1. The first-order chi connectivity index (χ1) is 8.51. The van der Waals surface area contributed by atoms with Crippen LogP contribution < -0.4 is 5.73 Å². The Labute approximate surface area is 106 Å². The molecule has 0 saturated heterocycles. The largest absolute Gasteiger partial charge is 0.409 e. The molecule has 0 aliphatic rings. The van der Waals surface area contributed by atoms with Crippen LogP contribution in [0.3, 0.4) is 0 Å². The molecule has 0 spiro atoms. The SMILES string of the molecule is CCN(C(=O)c1ccc(C(N)=NO)cn1)C(C)C. The van der Waals surface area contributed by atoms with Crippen LogP contribution in [-0.2, 0) is 0 Å². The first kappa shape index (κ1) is 14.0. The Hall–Kier alpha value is -2.11. The number of carbonyl (C=O) groups is 1. The smallest absolute Gasteiger partial charge is 0.272 e. The predicted octanol–water partition coefficient (Wildman–Crippen LogP) is 1.05. The molecule has 18 heavy (non-hydrogen) atoms. The quantitative estimate of drug-likeness (QED) is 0.361. The summed E-state index contributed by atoms with van der Waals surface area (Å²) < 4.78 is 0. The summed E-state index contributed by atoms with van der Waals surface area (Å²) in [7, 11) is 0. The van der Waals surface area contributed by atoms with Crippen molar-refractivity contribution in [3.8, 4) is 0 Å². The van der Waals surface area contributed by atoms with Gasteiger partial charge in [-0.15, -0.1) is 0 Å². The lowest BCUT2D eigenvalue weighted by molar-refractivity contribution is 0.0711. The summed E-state index contributed by atoms with van der Waals surface area (Å²) in [6.07, 6.45) is 1.41.